The molecule has 3 aromatic rings. The number of aromatic nitrogens is 1. The number of nitrogens with two attached hydrogens (primary N) is 1. The SMILES string of the molecule is NC(=O)N(c1ccc(S(=O)(=O)c2ccccc2)cc1)c1nccs1. The van der Waals surface area contributed by atoms with Gasteiger partial charge in [-0.05, 0) is 36.4 Å². The second-order valence-electron chi connectivity index (χ2n) is 4.80. The van der Waals surface area contributed by atoms with E-state index in [1.54, 1.807) is 29.8 Å². The van der Waals surface area contributed by atoms with Crippen LogP contribution in [0.1, 0.15) is 0 Å². The van der Waals surface area contributed by atoms with Crippen LogP contribution in [0.15, 0.2) is 76.0 Å². The summed E-state index contributed by atoms with van der Waals surface area (Å²) in [6, 6.07) is 13.4. The summed E-state index contributed by atoms with van der Waals surface area (Å²) in [5.41, 5.74) is 5.86. The number of anilines is 2. The standard InChI is InChI=1S/C16H13N3O3S2/c17-15(20)19(16-18-10-11-23-16)12-6-8-14(9-7-12)24(21,22)13-4-2-1-3-5-13/h1-11H,(H2,17,20). The number of benzene rings is 2. The number of hydrogen-bond acceptors (Lipinski definition) is 5. The second-order valence-corrected chi connectivity index (χ2v) is 7.62. The lowest BCUT2D eigenvalue weighted by molar-refractivity contribution is 0.256. The highest BCUT2D eigenvalue weighted by Crippen LogP contribution is 2.29. The van der Waals surface area contributed by atoms with Gasteiger partial charge in [-0.3, -0.25) is 0 Å². The Morgan fingerprint density at radius 2 is 1.62 bits per heavy atom. The predicted molar refractivity (Wildman–Crippen MR) is 92.2 cm³/mol. The Hall–Kier alpha value is -2.71. The van der Waals surface area contributed by atoms with E-state index in [1.807, 2.05) is 0 Å². The molecule has 122 valence electrons. The number of amides is 2. The molecule has 0 bridgehead atoms. The fraction of sp³-hybridized carbons (Fsp3) is 0. The van der Waals surface area contributed by atoms with Crippen LogP contribution in [0.25, 0.3) is 0 Å². The van der Waals surface area contributed by atoms with Crippen molar-refractivity contribution < 1.29 is 13.2 Å². The normalized spacial score (nSPS) is 11.2. The van der Waals surface area contributed by atoms with Crippen LogP contribution in [-0.2, 0) is 9.84 Å². The number of carbonyl (C=O) groups excluding carboxylic acids is 1. The van der Waals surface area contributed by atoms with Gasteiger partial charge < -0.3 is 5.73 Å². The smallest absolute Gasteiger partial charge is 0.325 e. The maximum atomic E-state index is 12.6. The van der Waals surface area contributed by atoms with Crippen LogP contribution >= 0.6 is 11.3 Å². The van der Waals surface area contributed by atoms with Crippen molar-refractivity contribution in [3.05, 3.63) is 66.2 Å². The third-order valence-corrected chi connectivity index (χ3v) is 5.83. The van der Waals surface area contributed by atoms with Gasteiger partial charge in [-0.25, -0.2) is 23.1 Å². The third-order valence-electron chi connectivity index (χ3n) is 3.29. The van der Waals surface area contributed by atoms with E-state index in [2.05, 4.69) is 4.98 Å². The van der Waals surface area contributed by atoms with Crippen LogP contribution in [0.5, 0.6) is 0 Å². The Balaban J connectivity index is 1.98. The first-order valence-electron chi connectivity index (χ1n) is 6.89. The molecule has 0 radical (unpaired) electrons. The molecular weight excluding hydrogens is 346 g/mol. The molecule has 6 nitrogen and oxygen atoms in total. The summed E-state index contributed by atoms with van der Waals surface area (Å²) in [7, 11) is -3.60. The van der Waals surface area contributed by atoms with E-state index in [-0.39, 0.29) is 9.79 Å². The van der Waals surface area contributed by atoms with Crippen molar-refractivity contribution in [3.8, 4) is 0 Å². The van der Waals surface area contributed by atoms with Crippen LogP contribution in [0.3, 0.4) is 0 Å². The first kappa shape index (κ1) is 16.2. The van der Waals surface area contributed by atoms with Gasteiger partial charge in [0.05, 0.1) is 15.5 Å². The third kappa shape index (κ3) is 3.01. The molecule has 0 aliphatic heterocycles. The molecule has 0 saturated carbocycles. The second kappa shape index (κ2) is 6.42. The van der Waals surface area contributed by atoms with Gasteiger partial charge in [0.15, 0.2) is 5.13 Å². The fourth-order valence-corrected chi connectivity index (χ4v) is 4.12. The maximum Gasteiger partial charge on any atom is 0.325 e. The number of sulfone groups is 1. The number of thiazole rings is 1. The highest BCUT2D eigenvalue weighted by atomic mass is 32.2. The molecule has 0 saturated heterocycles. The van der Waals surface area contributed by atoms with Gasteiger partial charge in [0.1, 0.15) is 0 Å². The fourth-order valence-electron chi connectivity index (χ4n) is 2.17. The molecule has 0 unspecified atom stereocenters. The number of primary amides is 1. The van der Waals surface area contributed by atoms with Crippen LogP contribution in [0.4, 0.5) is 15.6 Å². The van der Waals surface area contributed by atoms with Crippen molar-refractivity contribution >= 4 is 38.0 Å². The van der Waals surface area contributed by atoms with Crippen molar-refractivity contribution in [3.63, 3.8) is 0 Å². The minimum Gasteiger partial charge on any atom is -0.351 e. The van der Waals surface area contributed by atoms with Gasteiger partial charge in [0, 0.05) is 11.6 Å². The molecule has 0 spiro atoms. The summed E-state index contributed by atoms with van der Waals surface area (Å²) >= 11 is 1.26. The predicted octanol–water partition coefficient (Wildman–Crippen LogP) is 3.19. The van der Waals surface area contributed by atoms with Crippen LogP contribution in [-0.4, -0.2) is 19.4 Å². The zero-order valence-electron chi connectivity index (χ0n) is 12.4. The van der Waals surface area contributed by atoms with Gasteiger partial charge in [0.2, 0.25) is 9.84 Å². The zero-order valence-corrected chi connectivity index (χ0v) is 14.0. The van der Waals surface area contributed by atoms with Crippen molar-refractivity contribution in [1.82, 2.24) is 4.98 Å². The monoisotopic (exact) mass is 359 g/mol. The summed E-state index contributed by atoms with van der Waals surface area (Å²) in [5.74, 6) is 0. The summed E-state index contributed by atoms with van der Waals surface area (Å²) in [6.07, 6.45) is 1.56. The first-order valence-corrected chi connectivity index (χ1v) is 9.26. The minimum atomic E-state index is -3.60. The van der Waals surface area contributed by atoms with E-state index in [0.717, 1.165) is 0 Å². The average molecular weight is 359 g/mol. The van der Waals surface area contributed by atoms with Crippen molar-refractivity contribution in [2.24, 2.45) is 5.73 Å². The highest BCUT2D eigenvalue weighted by molar-refractivity contribution is 7.91. The first-order chi connectivity index (χ1) is 11.5. The number of hydrogen-bond donors (Lipinski definition) is 1. The molecule has 2 amide bonds. The number of urea groups is 1. The summed E-state index contributed by atoms with van der Waals surface area (Å²) in [5, 5.41) is 2.14. The van der Waals surface area contributed by atoms with E-state index >= 15 is 0 Å². The molecule has 8 heteroatoms. The van der Waals surface area contributed by atoms with Gasteiger partial charge in [0.25, 0.3) is 0 Å². The summed E-state index contributed by atoms with van der Waals surface area (Å²) in [4.78, 5) is 17.3. The van der Waals surface area contributed by atoms with Gasteiger partial charge in [-0.2, -0.15) is 0 Å². The van der Waals surface area contributed by atoms with Crippen LogP contribution in [0, 0.1) is 0 Å². The summed E-state index contributed by atoms with van der Waals surface area (Å²) in [6.45, 7) is 0. The van der Waals surface area contributed by atoms with E-state index in [0.29, 0.717) is 10.8 Å². The molecular formula is C16H13N3O3S2. The lowest BCUT2D eigenvalue weighted by Crippen LogP contribution is -2.31. The quantitative estimate of drug-likeness (QED) is 0.774. The number of nitrogens with zero attached hydrogens (tertiary/aromatic N) is 2. The lowest BCUT2D eigenvalue weighted by atomic mass is 10.3. The van der Waals surface area contributed by atoms with Crippen LogP contribution in [0.2, 0.25) is 0 Å². The highest BCUT2D eigenvalue weighted by Gasteiger charge is 2.20. The van der Waals surface area contributed by atoms with Crippen molar-refractivity contribution in [2.45, 2.75) is 9.79 Å². The molecule has 1 heterocycles. The van der Waals surface area contributed by atoms with Crippen molar-refractivity contribution in [2.75, 3.05) is 4.90 Å². The van der Waals surface area contributed by atoms with E-state index in [1.165, 1.54) is 52.6 Å². The molecule has 0 aliphatic carbocycles. The summed E-state index contributed by atoms with van der Waals surface area (Å²) < 4.78 is 25.1. The van der Waals surface area contributed by atoms with Crippen LogP contribution < -0.4 is 10.6 Å². The molecule has 0 atom stereocenters. The maximum absolute atomic E-state index is 12.6. The minimum absolute atomic E-state index is 0.140. The molecule has 2 N–H and O–H groups in total. The number of carbonyl (C=O) groups is 1. The Kier molecular flexibility index (Phi) is 4.32. The van der Waals surface area contributed by atoms with Crippen molar-refractivity contribution in [1.29, 1.82) is 0 Å². The Bertz CT molecular complexity index is 938. The Morgan fingerprint density at radius 3 is 2.17 bits per heavy atom. The molecule has 1 aromatic heterocycles. The molecule has 0 aliphatic rings. The van der Waals surface area contributed by atoms with Gasteiger partial charge in [-0.1, -0.05) is 18.2 Å². The zero-order chi connectivity index (χ0) is 17.2. The molecule has 0 fully saturated rings. The topological polar surface area (TPSA) is 93.4 Å². The molecule has 3 rings (SSSR count). The Labute approximate surface area is 143 Å². The van der Waals surface area contributed by atoms with E-state index in [9.17, 15) is 13.2 Å². The van der Waals surface area contributed by atoms with Gasteiger partial charge in [-0.15, -0.1) is 11.3 Å². The largest absolute Gasteiger partial charge is 0.351 e. The molecule has 24 heavy (non-hydrogen) atoms. The Morgan fingerprint density at radius 1 is 1.00 bits per heavy atom. The lowest BCUT2D eigenvalue weighted by Gasteiger charge is -2.17. The molecule has 2 aromatic carbocycles. The average Bonchev–Trinajstić information content (AvgIpc) is 3.10. The number of rotatable bonds is 4. The van der Waals surface area contributed by atoms with E-state index in [4.69, 9.17) is 5.73 Å². The van der Waals surface area contributed by atoms with E-state index < -0.39 is 15.9 Å². The van der Waals surface area contributed by atoms with Gasteiger partial charge >= 0.3 is 6.03 Å².